The molecule has 0 saturated carbocycles. The zero-order valence-electron chi connectivity index (χ0n) is 9.59. The van der Waals surface area contributed by atoms with Gasteiger partial charge in [-0.25, -0.2) is 0 Å². The normalized spacial score (nSPS) is 14.6. The molecule has 4 heteroatoms. The van der Waals surface area contributed by atoms with Gasteiger partial charge in [-0.05, 0) is 24.6 Å². The highest BCUT2D eigenvalue weighted by Crippen LogP contribution is 2.16. The second kappa shape index (κ2) is 7.87. The van der Waals surface area contributed by atoms with Gasteiger partial charge in [-0.2, -0.15) is 0 Å². The molecule has 90 valence electrons. The number of hydrogen-bond donors (Lipinski definition) is 1. The van der Waals surface area contributed by atoms with Crippen molar-refractivity contribution in [1.29, 1.82) is 0 Å². The lowest BCUT2D eigenvalue weighted by Crippen LogP contribution is -2.19. The molecule has 0 heterocycles. The van der Waals surface area contributed by atoms with E-state index in [-0.39, 0.29) is 0 Å². The quantitative estimate of drug-likeness (QED) is 0.761. The summed E-state index contributed by atoms with van der Waals surface area (Å²) in [5.41, 5.74) is 5.50. The highest BCUT2D eigenvalue weighted by molar-refractivity contribution is 8.00. The molecule has 2 unspecified atom stereocenters. The number of hydrogen-bond acceptors (Lipinski definition) is 3. The average molecular weight is 257 g/mol. The van der Waals surface area contributed by atoms with E-state index in [9.17, 15) is 4.21 Å². The fourth-order valence-corrected chi connectivity index (χ4v) is 3.84. The van der Waals surface area contributed by atoms with Crippen LogP contribution in [-0.4, -0.2) is 28.0 Å². The molecular formula is C12H19NOS2. The van der Waals surface area contributed by atoms with E-state index < -0.39 is 10.8 Å². The minimum atomic E-state index is -0.724. The van der Waals surface area contributed by atoms with Crippen LogP contribution in [0.15, 0.2) is 35.2 Å². The van der Waals surface area contributed by atoms with Crippen molar-refractivity contribution in [3.63, 3.8) is 0 Å². The molecule has 0 amide bonds. The highest BCUT2D eigenvalue weighted by atomic mass is 32.2. The molecule has 1 rings (SSSR count). The first-order chi connectivity index (χ1) is 7.72. The number of nitrogens with two attached hydrogens (primary N) is 1. The Labute approximate surface area is 104 Å². The third-order valence-electron chi connectivity index (χ3n) is 2.20. The molecule has 0 aliphatic carbocycles. The van der Waals surface area contributed by atoms with Gasteiger partial charge in [-0.3, -0.25) is 4.21 Å². The van der Waals surface area contributed by atoms with E-state index >= 15 is 0 Å². The van der Waals surface area contributed by atoms with Crippen molar-refractivity contribution >= 4 is 22.6 Å². The molecule has 16 heavy (non-hydrogen) atoms. The van der Waals surface area contributed by atoms with Crippen LogP contribution in [0.2, 0.25) is 0 Å². The van der Waals surface area contributed by atoms with Crippen molar-refractivity contribution in [3.05, 3.63) is 30.3 Å². The maximum Gasteiger partial charge on any atom is 0.0329 e. The van der Waals surface area contributed by atoms with Crippen LogP contribution in [-0.2, 0) is 10.8 Å². The lowest BCUT2D eigenvalue weighted by atomic mass is 10.2. The predicted octanol–water partition coefficient (Wildman–Crippen LogP) is 2.12. The Kier molecular flexibility index (Phi) is 6.76. The van der Waals surface area contributed by atoms with Gasteiger partial charge in [0.1, 0.15) is 0 Å². The van der Waals surface area contributed by atoms with E-state index in [2.05, 4.69) is 12.1 Å². The monoisotopic (exact) mass is 257 g/mol. The summed E-state index contributed by atoms with van der Waals surface area (Å²) in [6.45, 7) is 2.67. The molecule has 0 aliphatic heterocycles. The standard InChI is InChI=1S/C12H19NOS2/c1-11(9-13)10-16(14)8-7-15-12-5-3-2-4-6-12/h2-6,11H,7-10,13H2,1H3. The second-order valence-corrected chi connectivity index (χ2v) is 6.60. The van der Waals surface area contributed by atoms with E-state index in [1.165, 1.54) is 4.90 Å². The number of thioether (sulfide) groups is 1. The minimum absolute atomic E-state index is 0.363. The van der Waals surface area contributed by atoms with Gasteiger partial charge >= 0.3 is 0 Å². The summed E-state index contributed by atoms with van der Waals surface area (Å²) < 4.78 is 11.6. The van der Waals surface area contributed by atoms with Crippen LogP contribution in [0, 0.1) is 5.92 Å². The minimum Gasteiger partial charge on any atom is -0.330 e. The molecule has 2 N–H and O–H groups in total. The predicted molar refractivity (Wildman–Crippen MR) is 73.3 cm³/mol. The van der Waals surface area contributed by atoms with Gasteiger partial charge in [0.05, 0.1) is 0 Å². The molecule has 0 saturated heterocycles. The van der Waals surface area contributed by atoms with E-state index in [0.29, 0.717) is 12.5 Å². The summed E-state index contributed by atoms with van der Waals surface area (Å²) in [5, 5.41) is 0. The zero-order chi connectivity index (χ0) is 11.8. The molecule has 0 bridgehead atoms. The van der Waals surface area contributed by atoms with Crippen LogP contribution < -0.4 is 5.73 Å². The van der Waals surface area contributed by atoms with Crippen LogP contribution in [0.4, 0.5) is 0 Å². The van der Waals surface area contributed by atoms with E-state index in [4.69, 9.17) is 5.73 Å². The van der Waals surface area contributed by atoms with Crippen molar-refractivity contribution in [1.82, 2.24) is 0 Å². The summed E-state index contributed by atoms with van der Waals surface area (Å²) in [4.78, 5) is 1.24. The van der Waals surface area contributed by atoms with E-state index in [1.807, 2.05) is 25.1 Å². The lowest BCUT2D eigenvalue weighted by molar-refractivity contribution is 0.641. The Hall–Kier alpha value is -0.320. The largest absolute Gasteiger partial charge is 0.330 e. The average Bonchev–Trinajstić information content (AvgIpc) is 2.30. The smallest absolute Gasteiger partial charge is 0.0329 e. The maximum atomic E-state index is 11.6. The van der Waals surface area contributed by atoms with Crippen molar-refractivity contribution in [2.45, 2.75) is 11.8 Å². The van der Waals surface area contributed by atoms with Crippen molar-refractivity contribution in [2.75, 3.05) is 23.8 Å². The van der Waals surface area contributed by atoms with Crippen molar-refractivity contribution in [3.8, 4) is 0 Å². The lowest BCUT2D eigenvalue weighted by Gasteiger charge is -2.07. The number of rotatable bonds is 7. The fraction of sp³-hybridized carbons (Fsp3) is 0.500. The molecule has 2 nitrogen and oxygen atoms in total. The van der Waals surface area contributed by atoms with Gasteiger partial charge in [-0.15, -0.1) is 11.8 Å². The van der Waals surface area contributed by atoms with Gasteiger partial charge in [0.2, 0.25) is 0 Å². The molecule has 0 fully saturated rings. The van der Waals surface area contributed by atoms with Crippen molar-refractivity contribution in [2.24, 2.45) is 11.7 Å². The Morgan fingerprint density at radius 3 is 2.69 bits per heavy atom. The molecular weight excluding hydrogens is 238 g/mol. The van der Waals surface area contributed by atoms with Gasteiger partial charge in [0.15, 0.2) is 0 Å². The third kappa shape index (κ3) is 5.68. The summed E-state index contributed by atoms with van der Waals surface area (Å²) in [7, 11) is -0.724. The first kappa shape index (κ1) is 13.7. The van der Waals surface area contributed by atoms with Gasteiger partial charge in [0.25, 0.3) is 0 Å². The highest BCUT2D eigenvalue weighted by Gasteiger charge is 2.05. The Morgan fingerprint density at radius 1 is 1.38 bits per heavy atom. The Balaban J connectivity index is 2.18. The molecule has 0 radical (unpaired) electrons. The van der Waals surface area contributed by atoms with Crippen LogP contribution in [0.3, 0.4) is 0 Å². The van der Waals surface area contributed by atoms with E-state index in [0.717, 1.165) is 17.3 Å². The van der Waals surface area contributed by atoms with Crippen LogP contribution in [0.1, 0.15) is 6.92 Å². The molecule has 2 atom stereocenters. The fourth-order valence-electron chi connectivity index (χ4n) is 1.24. The van der Waals surface area contributed by atoms with Gasteiger partial charge in [-0.1, -0.05) is 25.1 Å². The topological polar surface area (TPSA) is 43.1 Å². The molecule has 1 aromatic carbocycles. The summed E-state index contributed by atoms with van der Waals surface area (Å²) >= 11 is 1.76. The molecule has 0 spiro atoms. The Bertz CT molecular complexity index is 316. The first-order valence-corrected chi connectivity index (χ1v) is 7.92. The third-order valence-corrected chi connectivity index (χ3v) is 5.07. The molecule has 1 aromatic rings. The second-order valence-electron chi connectivity index (χ2n) is 3.81. The SMILES string of the molecule is CC(CN)CS(=O)CCSc1ccccc1. The van der Waals surface area contributed by atoms with Crippen LogP contribution in [0.5, 0.6) is 0 Å². The summed E-state index contributed by atoms with van der Waals surface area (Å²) in [5.74, 6) is 2.76. The summed E-state index contributed by atoms with van der Waals surface area (Å²) in [6.07, 6.45) is 0. The molecule has 0 aliphatic rings. The molecule has 0 aromatic heterocycles. The maximum absolute atomic E-state index is 11.6. The summed E-state index contributed by atoms with van der Waals surface area (Å²) in [6, 6.07) is 10.2. The zero-order valence-corrected chi connectivity index (χ0v) is 11.2. The van der Waals surface area contributed by atoms with E-state index in [1.54, 1.807) is 11.8 Å². The first-order valence-electron chi connectivity index (χ1n) is 5.45. The van der Waals surface area contributed by atoms with Gasteiger partial charge < -0.3 is 5.73 Å². The Morgan fingerprint density at radius 2 is 2.06 bits per heavy atom. The van der Waals surface area contributed by atoms with Crippen LogP contribution in [0.25, 0.3) is 0 Å². The van der Waals surface area contributed by atoms with Crippen LogP contribution >= 0.6 is 11.8 Å². The van der Waals surface area contributed by atoms with Crippen molar-refractivity contribution < 1.29 is 4.21 Å². The van der Waals surface area contributed by atoms with Gasteiger partial charge in [0, 0.05) is 33.0 Å². The number of benzene rings is 1.